The fraction of sp³-hybridized carbons (Fsp3) is 0.538. The summed E-state index contributed by atoms with van der Waals surface area (Å²) < 4.78 is 27.6. The normalized spacial score (nSPS) is 17.1. The van der Waals surface area contributed by atoms with Gasteiger partial charge >= 0.3 is 0 Å². The van der Waals surface area contributed by atoms with Crippen LogP contribution in [-0.4, -0.2) is 25.9 Å². The van der Waals surface area contributed by atoms with E-state index in [1.807, 2.05) is 6.92 Å². The molecule has 0 heterocycles. The van der Waals surface area contributed by atoms with Crippen molar-refractivity contribution in [2.24, 2.45) is 0 Å². The third kappa shape index (κ3) is 3.01. The predicted octanol–water partition coefficient (Wildman–Crippen LogP) is 2.17. The molecule has 0 saturated heterocycles. The van der Waals surface area contributed by atoms with Crippen LogP contribution in [0, 0.1) is 17.0 Å². The molecule has 0 bridgehead atoms. The van der Waals surface area contributed by atoms with Gasteiger partial charge < -0.3 is 5.32 Å². The number of sulfonamides is 1. The predicted molar refractivity (Wildman–Crippen MR) is 80.0 cm³/mol. The van der Waals surface area contributed by atoms with Crippen LogP contribution in [-0.2, 0) is 10.0 Å². The molecule has 1 aromatic carbocycles. The Morgan fingerprint density at radius 2 is 1.95 bits per heavy atom. The lowest BCUT2D eigenvalue weighted by Gasteiger charge is -2.38. The maximum atomic E-state index is 12.5. The molecule has 1 fully saturated rings. The van der Waals surface area contributed by atoms with E-state index < -0.39 is 20.5 Å². The Balaban J connectivity index is 2.47. The first-order valence-corrected chi connectivity index (χ1v) is 8.18. The minimum Gasteiger partial charge on any atom is -0.383 e. The van der Waals surface area contributed by atoms with Crippen molar-refractivity contribution in [3.05, 3.63) is 27.8 Å². The van der Waals surface area contributed by atoms with Gasteiger partial charge in [0.25, 0.3) is 5.69 Å². The van der Waals surface area contributed by atoms with Crippen molar-refractivity contribution >= 4 is 21.4 Å². The molecule has 0 spiro atoms. The van der Waals surface area contributed by atoms with Gasteiger partial charge in [-0.3, -0.25) is 10.1 Å². The number of benzene rings is 1. The van der Waals surface area contributed by atoms with Crippen molar-refractivity contribution in [1.82, 2.24) is 4.72 Å². The topological polar surface area (TPSA) is 101 Å². The lowest BCUT2D eigenvalue weighted by Crippen LogP contribution is -2.50. The van der Waals surface area contributed by atoms with Crippen LogP contribution in [0.25, 0.3) is 0 Å². The molecule has 2 N–H and O–H groups in total. The molecule has 1 aliphatic carbocycles. The van der Waals surface area contributed by atoms with Crippen molar-refractivity contribution in [3.63, 3.8) is 0 Å². The molecule has 116 valence electrons. The van der Waals surface area contributed by atoms with E-state index >= 15 is 0 Å². The first-order valence-electron chi connectivity index (χ1n) is 6.69. The standard InChI is InChI=1S/C13H19N3O4S/c1-9-7-10(14-3)11(16(17)18)8-12(9)21(19,20)15-13(2)5-4-6-13/h7-8,14-15H,4-6H2,1-3H3. The minimum absolute atomic E-state index is 0.0404. The zero-order valence-corrected chi connectivity index (χ0v) is 13.1. The van der Waals surface area contributed by atoms with Gasteiger partial charge in [-0.25, -0.2) is 13.1 Å². The van der Waals surface area contributed by atoms with Crippen LogP contribution in [0.15, 0.2) is 17.0 Å². The van der Waals surface area contributed by atoms with Gasteiger partial charge in [-0.15, -0.1) is 0 Å². The summed E-state index contributed by atoms with van der Waals surface area (Å²) >= 11 is 0. The molecule has 0 radical (unpaired) electrons. The highest BCUT2D eigenvalue weighted by atomic mass is 32.2. The van der Waals surface area contributed by atoms with E-state index in [4.69, 9.17) is 0 Å². The summed E-state index contributed by atoms with van der Waals surface area (Å²) in [4.78, 5) is 10.4. The van der Waals surface area contributed by atoms with Gasteiger partial charge in [-0.05, 0) is 44.7 Å². The van der Waals surface area contributed by atoms with E-state index in [2.05, 4.69) is 10.0 Å². The quantitative estimate of drug-likeness (QED) is 0.641. The Hall–Kier alpha value is -1.67. The number of nitrogens with one attached hydrogen (secondary N) is 2. The largest absolute Gasteiger partial charge is 0.383 e. The third-order valence-electron chi connectivity index (χ3n) is 3.89. The first kappa shape index (κ1) is 15.7. The van der Waals surface area contributed by atoms with Crippen molar-refractivity contribution in [2.75, 3.05) is 12.4 Å². The maximum Gasteiger partial charge on any atom is 0.293 e. The highest BCUT2D eigenvalue weighted by Gasteiger charge is 2.37. The molecule has 2 rings (SSSR count). The molecule has 1 aromatic rings. The number of hydrogen-bond acceptors (Lipinski definition) is 5. The summed E-state index contributed by atoms with van der Waals surface area (Å²) in [5, 5.41) is 13.8. The van der Waals surface area contributed by atoms with Crippen LogP contribution in [0.5, 0.6) is 0 Å². The molecular formula is C13H19N3O4S. The van der Waals surface area contributed by atoms with E-state index in [9.17, 15) is 18.5 Å². The zero-order valence-electron chi connectivity index (χ0n) is 12.3. The van der Waals surface area contributed by atoms with Gasteiger partial charge in [0.2, 0.25) is 10.0 Å². The Labute approximate surface area is 123 Å². The number of nitrogens with zero attached hydrogens (tertiary/aromatic N) is 1. The Morgan fingerprint density at radius 1 is 1.33 bits per heavy atom. The molecule has 8 heteroatoms. The Kier molecular flexibility index (Phi) is 3.94. The summed E-state index contributed by atoms with van der Waals surface area (Å²) in [7, 11) is -2.21. The second kappa shape index (κ2) is 5.27. The monoisotopic (exact) mass is 313 g/mol. The summed E-state index contributed by atoms with van der Waals surface area (Å²) in [6.07, 6.45) is 2.54. The number of hydrogen-bond donors (Lipinski definition) is 2. The molecule has 21 heavy (non-hydrogen) atoms. The second-order valence-corrected chi connectivity index (χ2v) is 7.31. The fourth-order valence-electron chi connectivity index (χ4n) is 2.51. The molecule has 1 aliphatic rings. The van der Waals surface area contributed by atoms with Gasteiger partial charge in [-0.1, -0.05) is 0 Å². The van der Waals surface area contributed by atoms with Crippen molar-refractivity contribution in [2.45, 2.75) is 43.5 Å². The first-order chi connectivity index (χ1) is 9.68. The lowest BCUT2D eigenvalue weighted by molar-refractivity contribution is -0.384. The van der Waals surface area contributed by atoms with Crippen molar-refractivity contribution in [1.29, 1.82) is 0 Å². The maximum absolute atomic E-state index is 12.5. The van der Waals surface area contributed by atoms with Crippen LogP contribution in [0.2, 0.25) is 0 Å². The van der Waals surface area contributed by atoms with Gasteiger partial charge in [0, 0.05) is 18.7 Å². The van der Waals surface area contributed by atoms with Crippen molar-refractivity contribution in [3.8, 4) is 0 Å². The molecule has 0 amide bonds. The summed E-state index contributed by atoms with van der Waals surface area (Å²) in [5.74, 6) is 0. The Bertz CT molecular complexity index is 681. The lowest BCUT2D eigenvalue weighted by atomic mass is 9.80. The third-order valence-corrected chi connectivity index (χ3v) is 5.67. The number of nitro groups is 1. The number of nitro benzene ring substituents is 1. The zero-order chi connectivity index (χ0) is 15.8. The minimum atomic E-state index is -3.77. The van der Waals surface area contributed by atoms with Crippen LogP contribution in [0.3, 0.4) is 0 Å². The number of aryl methyl sites for hydroxylation is 1. The van der Waals surface area contributed by atoms with Gasteiger partial charge in [0.05, 0.1) is 9.82 Å². The van der Waals surface area contributed by atoms with Crippen LogP contribution >= 0.6 is 0 Å². The van der Waals surface area contributed by atoms with E-state index in [-0.39, 0.29) is 10.6 Å². The molecule has 0 aliphatic heterocycles. The van der Waals surface area contributed by atoms with Crippen LogP contribution in [0.4, 0.5) is 11.4 Å². The number of rotatable bonds is 5. The summed E-state index contributed by atoms with van der Waals surface area (Å²) in [5.41, 5.74) is 0.0794. The fourth-order valence-corrected chi connectivity index (χ4v) is 4.22. The molecule has 0 unspecified atom stereocenters. The highest BCUT2D eigenvalue weighted by Crippen LogP contribution is 2.35. The smallest absolute Gasteiger partial charge is 0.293 e. The SMILES string of the molecule is CNc1cc(C)c(S(=O)(=O)NC2(C)CCC2)cc1[N+](=O)[O-]. The highest BCUT2D eigenvalue weighted by molar-refractivity contribution is 7.89. The van der Waals surface area contributed by atoms with E-state index in [1.165, 1.54) is 6.07 Å². The van der Waals surface area contributed by atoms with E-state index in [0.717, 1.165) is 25.3 Å². The summed E-state index contributed by atoms with van der Waals surface area (Å²) in [6.45, 7) is 3.47. The molecule has 0 aromatic heterocycles. The molecule has 1 saturated carbocycles. The van der Waals surface area contributed by atoms with Gasteiger partial charge in [0.1, 0.15) is 5.69 Å². The number of anilines is 1. The van der Waals surface area contributed by atoms with Crippen molar-refractivity contribution < 1.29 is 13.3 Å². The molecule has 0 atom stereocenters. The average Bonchev–Trinajstić information content (AvgIpc) is 2.35. The Morgan fingerprint density at radius 3 is 2.38 bits per heavy atom. The molecule has 7 nitrogen and oxygen atoms in total. The van der Waals surface area contributed by atoms with Gasteiger partial charge in [0.15, 0.2) is 0 Å². The van der Waals surface area contributed by atoms with Crippen LogP contribution < -0.4 is 10.0 Å². The molecular weight excluding hydrogens is 294 g/mol. The van der Waals surface area contributed by atoms with E-state index in [0.29, 0.717) is 11.3 Å². The summed E-state index contributed by atoms with van der Waals surface area (Å²) in [6, 6.07) is 2.60. The van der Waals surface area contributed by atoms with E-state index in [1.54, 1.807) is 14.0 Å². The van der Waals surface area contributed by atoms with Gasteiger partial charge in [-0.2, -0.15) is 0 Å². The van der Waals surface area contributed by atoms with Crippen LogP contribution in [0.1, 0.15) is 31.7 Å². The second-order valence-electron chi connectivity index (χ2n) is 5.66. The average molecular weight is 313 g/mol.